The van der Waals surface area contributed by atoms with Crippen LogP contribution in [0.15, 0.2) is 55.1 Å². The fourth-order valence-corrected chi connectivity index (χ4v) is 1.73. The molecular weight excluding hydrogens is 196 g/mol. The van der Waals surface area contributed by atoms with Crippen molar-refractivity contribution in [2.24, 2.45) is 0 Å². The van der Waals surface area contributed by atoms with Crippen LogP contribution in [0.2, 0.25) is 0 Å². The summed E-state index contributed by atoms with van der Waals surface area (Å²) in [7, 11) is 0. The first kappa shape index (κ1) is 10.5. The zero-order valence-electron chi connectivity index (χ0n) is 9.06. The smallest absolute Gasteiger partial charge is 0.126 e. The van der Waals surface area contributed by atoms with E-state index in [1.54, 1.807) is 6.08 Å². The third-order valence-electron chi connectivity index (χ3n) is 2.61. The molecule has 1 heteroatoms. The summed E-state index contributed by atoms with van der Waals surface area (Å²) < 4.78 is 0. The third kappa shape index (κ3) is 2.14. The highest BCUT2D eigenvalue weighted by molar-refractivity contribution is 5.58. The van der Waals surface area contributed by atoms with Crippen LogP contribution in [0.3, 0.4) is 0 Å². The average molecular weight is 210 g/mol. The van der Waals surface area contributed by atoms with Gasteiger partial charge in [0.05, 0.1) is 0 Å². The van der Waals surface area contributed by atoms with Gasteiger partial charge in [-0.05, 0) is 11.1 Å². The molecule has 2 rings (SSSR count). The second kappa shape index (κ2) is 4.67. The normalized spacial score (nSPS) is 10.0. The summed E-state index contributed by atoms with van der Waals surface area (Å²) in [6.07, 6.45) is 2.41. The molecule has 0 saturated carbocycles. The Morgan fingerprint density at radius 2 is 1.75 bits per heavy atom. The molecule has 0 heterocycles. The number of para-hydroxylation sites is 1. The lowest BCUT2D eigenvalue weighted by Crippen LogP contribution is -1.89. The van der Waals surface area contributed by atoms with Gasteiger partial charge < -0.3 is 5.11 Å². The molecule has 0 fully saturated rings. The summed E-state index contributed by atoms with van der Waals surface area (Å²) in [5, 5.41) is 9.98. The molecular formula is C15H14O. The van der Waals surface area contributed by atoms with E-state index in [0.29, 0.717) is 5.75 Å². The van der Waals surface area contributed by atoms with Gasteiger partial charge in [0.1, 0.15) is 5.75 Å². The molecule has 0 aliphatic heterocycles. The maximum Gasteiger partial charge on any atom is 0.126 e. The van der Waals surface area contributed by atoms with Crippen molar-refractivity contribution >= 4 is 6.08 Å². The molecule has 0 aliphatic carbocycles. The van der Waals surface area contributed by atoms with E-state index in [1.165, 1.54) is 5.56 Å². The van der Waals surface area contributed by atoms with Crippen molar-refractivity contribution in [3.8, 4) is 5.75 Å². The van der Waals surface area contributed by atoms with Crippen LogP contribution >= 0.6 is 0 Å². The van der Waals surface area contributed by atoms with Gasteiger partial charge in [0.25, 0.3) is 0 Å². The predicted octanol–water partition coefficient (Wildman–Crippen LogP) is 3.63. The van der Waals surface area contributed by atoms with Crippen LogP contribution < -0.4 is 0 Å². The molecule has 80 valence electrons. The van der Waals surface area contributed by atoms with Gasteiger partial charge in [0.2, 0.25) is 0 Å². The monoisotopic (exact) mass is 210 g/mol. The summed E-state index contributed by atoms with van der Waals surface area (Å²) in [6, 6.07) is 15.8. The van der Waals surface area contributed by atoms with Crippen molar-refractivity contribution in [3.63, 3.8) is 0 Å². The summed E-state index contributed by atoms with van der Waals surface area (Å²) in [5.41, 5.74) is 2.91. The topological polar surface area (TPSA) is 20.2 Å². The van der Waals surface area contributed by atoms with Crippen LogP contribution in [0.5, 0.6) is 5.75 Å². The highest BCUT2D eigenvalue weighted by Crippen LogP contribution is 2.25. The molecule has 0 radical (unpaired) electrons. The number of aromatic hydroxyl groups is 1. The first-order valence-corrected chi connectivity index (χ1v) is 5.28. The van der Waals surface area contributed by atoms with Crippen LogP contribution in [0, 0.1) is 0 Å². The van der Waals surface area contributed by atoms with E-state index in [4.69, 9.17) is 0 Å². The number of hydrogen-bond donors (Lipinski definition) is 1. The molecule has 1 nitrogen and oxygen atoms in total. The van der Waals surface area contributed by atoms with Crippen LogP contribution in [0.4, 0.5) is 0 Å². The molecule has 16 heavy (non-hydrogen) atoms. The SMILES string of the molecule is C=Cc1cccc(Cc2ccccc2)c1O. The van der Waals surface area contributed by atoms with Gasteiger partial charge in [-0.3, -0.25) is 0 Å². The quantitative estimate of drug-likeness (QED) is 0.820. The fourth-order valence-electron chi connectivity index (χ4n) is 1.73. The van der Waals surface area contributed by atoms with E-state index in [0.717, 1.165) is 17.5 Å². The maximum absolute atomic E-state index is 9.98. The Morgan fingerprint density at radius 3 is 2.44 bits per heavy atom. The molecule has 2 aromatic carbocycles. The molecule has 0 aromatic heterocycles. The molecule has 0 atom stereocenters. The van der Waals surface area contributed by atoms with E-state index < -0.39 is 0 Å². The van der Waals surface area contributed by atoms with Gasteiger partial charge in [-0.2, -0.15) is 0 Å². The second-order valence-corrected chi connectivity index (χ2v) is 3.72. The lowest BCUT2D eigenvalue weighted by atomic mass is 10.0. The van der Waals surface area contributed by atoms with Crippen molar-refractivity contribution in [2.45, 2.75) is 6.42 Å². The van der Waals surface area contributed by atoms with Gasteiger partial charge in [0.15, 0.2) is 0 Å². The van der Waals surface area contributed by atoms with Gasteiger partial charge in [-0.25, -0.2) is 0 Å². The van der Waals surface area contributed by atoms with Gasteiger partial charge in [0, 0.05) is 12.0 Å². The Morgan fingerprint density at radius 1 is 1.00 bits per heavy atom. The number of rotatable bonds is 3. The average Bonchev–Trinajstić information content (AvgIpc) is 2.33. The van der Waals surface area contributed by atoms with E-state index >= 15 is 0 Å². The Bertz CT molecular complexity index is 486. The maximum atomic E-state index is 9.98. The van der Waals surface area contributed by atoms with Crippen LogP contribution in [0.25, 0.3) is 6.08 Å². The highest BCUT2D eigenvalue weighted by Gasteiger charge is 2.04. The minimum absolute atomic E-state index is 0.335. The van der Waals surface area contributed by atoms with Gasteiger partial charge in [-0.1, -0.05) is 61.2 Å². The minimum Gasteiger partial charge on any atom is -0.507 e. The van der Waals surface area contributed by atoms with Crippen LogP contribution in [-0.4, -0.2) is 5.11 Å². The molecule has 2 aromatic rings. The van der Waals surface area contributed by atoms with E-state index in [9.17, 15) is 5.11 Å². The molecule has 0 bridgehead atoms. The molecule has 0 spiro atoms. The van der Waals surface area contributed by atoms with Crippen LogP contribution in [-0.2, 0) is 6.42 Å². The molecule has 0 aliphatic rings. The highest BCUT2D eigenvalue weighted by atomic mass is 16.3. The zero-order valence-corrected chi connectivity index (χ0v) is 9.06. The standard InChI is InChI=1S/C15H14O/c1-2-13-9-6-10-14(15(13)16)11-12-7-4-3-5-8-12/h2-10,16H,1,11H2. The third-order valence-corrected chi connectivity index (χ3v) is 2.61. The van der Waals surface area contributed by atoms with Crippen molar-refractivity contribution in [1.29, 1.82) is 0 Å². The van der Waals surface area contributed by atoms with E-state index in [-0.39, 0.29) is 0 Å². The summed E-state index contributed by atoms with van der Waals surface area (Å²) in [4.78, 5) is 0. The Labute approximate surface area is 95.7 Å². The van der Waals surface area contributed by atoms with Crippen molar-refractivity contribution in [1.82, 2.24) is 0 Å². The fraction of sp³-hybridized carbons (Fsp3) is 0.0667. The lowest BCUT2D eigenvalue weighted by Gasteiger charge is -2.07. The summed E-state index contributed by atoms with van der Waals surface area (Å²) in [6.45, 7) is 3.68. The van der Waals surface area contributed by atoms with Gasteiger partial charge in [-0.15, -0.1) is 0 Å². The minimum atomic E-state index is 0.335. The van der Waals surface area contributed by atoms with Crippen molar-refractivity contribution in [3.05, 3.63) is 71.8 Å². The Balaban J connectivity index is 2.32. The Kier molecular flexibility index (Phi) is 3.06. The zero-order chi connectivity index (χ0) is 11.4. The first-order valence-electron chi connectivity index (χ1n) is 5.28. The Hall–Kier alpha value is -2.02. The van der Waals surface area contributed by atoms with Crippen molar-refractivity contribution in [2.75, 3.05) is 0 Å². The molecule has 0 saturated heterocycles. The molecule has 1 N–H and O–H groups in total. The number of phenolic OH excluding ortho intramolecular Hbond substituents is 1. The number of phenols is 1. The predicted molar refractivity (Wildman–Crippen MR) is 67.4 cm³/mol. The number of benzene rings is 2. The number of hydrogen-bond acceptors (Lipinski definition) is 1. The van der Waals surface area contributed by atoms with Gasteiger partial charge >= 0.3 is 0 Å². The first-order chi connectivity index (χ1) is 7.81. The van der Waals surface area contributed by atoms with E-state index in [2.05, 4.69) is 18.7 Å². The molecule has 0 amide bonds. The van der Waals surface area contributed by atoms with E-state index in [1.807, 2.05) is 36.4 Å². The molecule has 0 unspecified atom stereocenters. The largest absolute Gasteiger partial charge is 0.507 e. The lowest BCUT2D eigenvalue weighted by molar-refractivity contribution is 0.468. The summed E-state index contributed by atoms with van der Waals surface area (Å²) >= 11 is 0. The second-order valence-electron chi connectivity index (χ2n) is 3.72. The van der Waals surface area contributed by atoms with Crippen molar-refractivity contribution < 1.29 is 5.11 Å². The summed E-state index contributed by atoms with van der Waals surface area (Å²) in [5.74, 6) is 0.335. The van der Waals surface area contributed by atoms with Crippen LogP contribution in [0.1, 0.15) is 16.7 Å².